The van der Waals surface area contributed by atoms with Crippen LogP contribution in [0.1, 0.15) is 41.6 Å². The lowest BCUT2D eigenvalue weighted by Crippen LogP contribution is -2.40. The monoisotopic (exact) mass is 408 g/mol. The Morgan fingerprint density at radius 2 is 1.89 bits per heavy atom. The van der Waals surface area contributed by atoms with Crippen molar-refractivity contribution in [3.8, 4) is 6.07 Å². The van der Waals surface area contributed by atoms with Crippen molar-refractivity contribution in [2.75, 3.05) is 5.32 Å². The van der Waals surface area contributed by atoms with Crippen LogP contribution in [0.2, 0.25) is 5.02 Å². The molecule has 1 aromatic heterocycles. The number of rotatable bonds is 4. The summed E-state index contributed by atoms with van der Waals surface area (Å²) in [6, 6.07) is 9.78. The molecule has 142 valence electrons. The van der Waals surface area contributed by atoms with Gasteiger partial charge in [-0.05, 0) is 56.0 Å². The number of anilines is 1. The summed E-state index contributed by atoms with van der Waals surface area (Å²) < 4.78 is 13.2. The highest BCUT2D eigenvalue weighted by atomic mass is 35.5. The Balaban J connectivity index is 0.00000261. The van der Waals surface area contributed by atoms with Crippen LogP contribution >= 0.6 is 24.0 Å². The third-order valence-corrected chi connectivity index (χ3v) is 4.77. The molecule has 0 unspecified atom stereocenters. The number of hydrogen-bond acceptors (Lipinski definition) is 4. The number of nitrogens with one attached hydrogen (secondary N) is 2. The van der Waals surface area contributed by atoms with Gasteiger partial charge in [-0.25, -0.2) is 9.37 Å². The van der Waals surface area contributed by atoms with Crippen LogP contribution in [0.15, 0.2) is 36.5 Å². The van der Waals surface area contributed by atoms with E-state index in [9.17, 15) is 9.18 Å². The minimum atomic E-state index is -0.538. The summed E-state index contributed by atoms with van der Waals surface area (Å²) in [5.74, 6) is -0.0898. The summed E-state index contributed by atoms with van der Waals surface area (Å²) in [6.07, 6.45) is 5.04. The molecule has 1 heterocycles. The molecule has 1 saturated carbocycles. The highest BCUT2D eigenvalue weighted by Gasteiger charge is 2.23. The third-order valence-electron chi connectivity index (χ3n) is 4.49. The van der Waals surface area contributed by atoms with Crippen molar-refractivity contribution in [3.05, 3.63) is 58.5 Å². The fraction of sp³-hybridized carbons (Fsp3) is 0.316. The SMILES string of the molecule is Cl.N#Cc1ccnc(N[C@H]2CC[C@@H](NC(=O)c3ccc(F)c(Cl)c3)CC2)c1. The Morgan fingerprint density at radius 1 is 1.19 bits per heavy atom. The molecule has 5 nitrogen and oxygen atoms in total. The van der Waals surface area contributed by atoms with Crippen molar-refractivity contribution in [2.24, 2.45) is 0 Å². The number of hydrogen-bond donors (Lipinski definition) is 2. The van der Waals surface area contributed by atoms with Crippen LogP contribution < -0.4 is 10.6 Å². The minimum Gasteiger partial charge on any atom is -0.367 e. The molecule has 1 aliphatic carbocycles. The fourth-order valence-corrected chi connectivity index (χ4v) is 3.26. The standard InChI is InChI=1S/C19H18ClFN4O.ClH/c20-16-10-13(1-6-17(16)21)19(26)25-15-4-2-14(3-5-15)24-18-9-12(11-22)7-8-23-18;/h1,6-10,14-15H,2-5H2,(H,23,24)(H,25,26);1H/t14-,15+;. The van der Waals surface area contributed by atoms with Crippen molar-refractivity contribution in [3.63, 3.8) is 0 Å². The third kappa shape index (κ3) is 5.56. The van der Waals surface area contributed by atoms with Crippen LogP contribution in [-0.2, 0) is 0 Å². The minimum absolute atomic E-state index is 0. The van der Waals surface area contributed by atoms with Gasteiger partial charge in [-0.2, -0.15) is 5.26 Å². The zero-order valence-corrected chi connectivity index (χ0v) is 16.0. The largest absolute Gasteiger partial charge is 0.367 e. The van der Waals surface area contributed by atoms with E-state index in [2.05, 4.69) is 21.7 Å². The van der Waals surface area contributed by atoms with E-state index in [0.29, 0.717) is 16.9 Å². The number of pyridine rings is 1. The first-order valence-electron chi connectivity index (χ1n) is 8.44. The van der Waals surface area contributed by atoms with Gasteiger partial charge in [-0.15, -0.1) is 12.4 Å². The van der Waals surface area contributed by atoms with Crippen molar-refractivity contribution >= 4 is 35.7 Å². The molecule has 0 spiro atoms. The first-order valence-corrected chi connectivity index (χ1v) is 8.81. The van der Waals surface area contributed by atoms with E-state index in [1.807, 2.05) is 0 Å². The molecular formula is C19H19Cl2FN4O. The number of halogens is 3. The molecule has 3 rings (SSSR count). The number of nitriles is 1. The van der Waals surface area contributed by atoms with E-state index in [-0.39, 0.29) is 35.4 Å². The van der Waals surface area contributed by atoms with E-state index in [4.69, 9.17) is 16.9 Å². The predicted molar refractivity (Wildman–Crippen MR) is 105 cm³/mol. The summed E-state index contributed by atoms with van der Waals surface area (Å²) in [6.45, 7) is 0. The van der Waals surface area contributed by atoms with Gasteiger partial charge in [-0.1, -0.05) is 11.6 Å². The molecule has 27 heavy (non-hydrogen) atoms. The highest BCUT2D eigenvalue weighted by molar-refractivity contribution is 6.31. The van der Waals surface area contributed by atoms with Crippen molar-refractivity contribution in [1.82, 2.24) is 10.3 Å². The van der Waals surface area contributed by atoms with Crippen LogP contribution in [0.3, 0.4) is 0 Å². The van der Waals surface area contributed by atoms with Gasteiger partial charge in [0, 0.05) is 23.8 Å². The van der Waals surface area contributed by atoms with Gasteiger partial charge in [0.15, 0.2) is 0 Å². The maximum atomic E-state index is 13.2. The molecule has 0 radical (unpaired) electrons. The highest BCUT2D eigenvalue weighted by Crippen LogP contribution is 2.23. The Kier molecular flexibility index (Phi) is 7.40. The molecule has 0 bridgehead atoms. The normalized spacial score (nSPS) is 18.7. The van der Waals surface area contributed by atoms with Crippen LogP contribution in [0, 0.1) is 17.1 Å². The van der Waals surface area contributed by atoms with Gasteiger partial charge in [0.05, 0.1) is 16.7 Å². The van der Waals surface area contributed by atoms with Gasteiger partial charge < -0.3 is 10.6 Å². The lowest BCUT2D eigenvalue weighted by molar-refractivity contribution is 0.0926. The molecule has 1 aliphatic rings. The molecule has 0 atom stereocenters. The Hall–Kier alpha value is -2.36. The maximum Gasteiger partial charge on any atom is 0.251 e. The van der Waals surface area contributed by atoms with Crippen LogP contribution in [-0.4, -0.2) is 23.0 Å². The Morgan fingerprint density at radius 3 is 2.56 bits per heavy atom. The van der Waals surface area contributed by atoms with E-state index in [1.165, 1.54) is 18.2 Å². The van der Waals surface area contributed by atoms with E-state index in [0.717, 1.165) is 25.7 Å². The van der Waals surface area contributed by atoms with Crippen molar-refractivity contribution in [2.45, 2.75) is 37.8 Å². The first kappa shape index (κ1) is 20.9. The topological polar surface area (TPSA) is 77.8 Å². The first-order chi connectivity index (χ1) is 12.5. The molecule has 2 N–H and O–H groups in total. The molecule has 8 heteroatoms. The molecule has 1 amide bonds. The number of aromatic nitrogens is 1. The summed E-state index contributed by atoms with van der Waals surface area (Å²) in [4.78, 5) is 16.5. The fourth-order valence-electron chi connectivity index (χ4n) is 3.08. The Bertz CT molecular complexity index is 848. The number of amides is 1. The predicted octanol–water partition coefficient (Wildman–Crippen LogP) is 4.32. The number of nitrogens with zero attached hydrogens (tertiary/aromatic N) is 2. The van der Waals surface area contributed by atoms with Crippen LogP contribution in [0.4, 0.5) is 10.2 Å². The molecule has 0 saturated heterocycles. The van der Waals surface area contributed by atoms with Crippen molar-refractivity contribution in [1.29, 1.82) is 5.26 Å². The quantitative estimate of drug-likeness (QED) is 0.789. The van der Waals surface area contributed by atoms with Gasteiger partial charge in [0.2, 0.25) is 0 Å². The number of benzene rings is 1. The summed E-state index contributed by atoms with van der Waals surface area (Å²) >= 11 is 5.73. The van der Waals surface area contributed by atoms with E-state index < -0.39 is 5.82 Å². The maximum absolute atomic E-state index is 13.2. The number of carbonyl (C=O) groups excluding carboxylic acids is 1. The van der Waals surface area contributed by atoms with Crippen LogP contribution in [0.25, 0.3) is 0 Å². The average Bonchev–Trinajstić information content (AvgIpc) is 2.65. The molecule has 1 fully saturated rings. The van der Waals surface area contributed by atoms with E-state index in [1.54, 1.807) is 18.3 Å². The lowest BCUT2D eigenvalue weighted by Gasteiger charge is -2.30. The average molecular weight is 409 g/mol. The molecule has 0 aliphatic heterocycles. The smallest absolute Gasteiger partial charge is 0.251 e. The molecule has 1 aromatic carbocycles. The van der Waals surface area contributed by atoms with Gasteiger partial charge in [-0.3, -0.25) is 4.79 Å². The second kappa shape index (κ2) is 9.54. The lowest BCUT2D eigenvalue weighted by atomic mass is 9.91. The summed E-state index contributed by atoms with van der Waals surface area (Å²) in [5.41, 5.74) is 0.926. The summed E-state index contributed by atoms with van der Waals surface area (Å²) in [5, 5.41) is 15.2. The molecular weight excluding hydrogens is 390 g/mol. The van der Waals surface area contributed by atoms with Gasteiger partial charge >= 0.3 is 0 Å². The second-order valence-electron chi connectivity index (χ2n) is 6.34. The molecule has 2 aromatic rings. The van der Waals surface area contributed by atoms with Crippen LogP contribution in [0.5, 0.6) is 0 Å². The van der Waals surface area contributed by atoms with E-state index >= 15 is 0 Å². The second-order valence-corrected chi connectivity index (χ2v) is 6.74. The zero-order chi connectivity index (χ0) is 18.5. The van der Waals surface area contributed by atoms with Crippen molar-refractivity contribution < 1.29 is 9.18 Å². The van der Waals surface area contributed by atoms with Gasteiger partial charge in [0.25, 0.3) is 5.91 Å². The summed E-state index contributed by atoms with van der Waals surface area (Å²) in [7, 11) is 0. The van der Waals surface area contributed by atoms with Gasteiger partial charge in [0.1, 0.15) is 11.6 Å². The Labute approximate surface area is 168 Å². The number of carbonyl (C=O) groups is 1. The zero-order valence-electron chi connectivity index (χ0n) is 14.4.